The Balaban J connectivity index is -0.00000151. The van der Waals surface area contributed by atoms with E-state index in [1.54, 1.807) is 6.92 Å². The first-order chi connectivity index (χ1) is 32.5. The third-order valence-electron chi connectivity index (χ3n) is 8.92. The molecule has 5 amide bonds. The van der Waals surface area contributed by atoms with E-state index in [4.69, 9.17) is 34.9 Å². The fraction of sp³-hybridized carbons (Fsp3) is 0.818. The maximum atomic E-state index is 12.3. The van der Waals surface area contributed by atoms with Crippen LogP contribution in [0.5, 0.6) is 0 Å². The molecule has 24 heteroatoms. The summed E-state index contributed by atoms with van der Waals surface area (Å²) in [5.74, 6) is -3.41. The van der Waals surface area contributed by atoms with Gasteiger partial charge in [-0.05, 0) is 32.6 Å². The Morgan fingerprint density at radius 3 is 1.29 bits per heavy atom. The van der Waals surface area contributed by atoms with Gasteiger partial charge in [0.2, 0.25) is 29.5 Å². The molecule has 68 heavy (non-hydrogen) atoms. The number of carboxylic acids is 2. The lowest BCUT2D eigenvalue weighted by atomic mass is 10.0. The summed E-state index contributed by atoms with van der Waals surface area (Å²) in [6.45, 7) is 5.93. The number of hydrogen-bond donors (Lipinski definition) is 11. The molecule has 3 atom stereocenters. The van der Waals surface area contributed by atoms with Crippen molar-refractivity contribution in [2.24, 2.45) is 11.5 Å². The number of aliphatic hydroxyl groups is 1. The largest absolute Gasteiger partial charge is 0.481 e. The van der Waals surface area contributed by atoms with Gasteiger partial charge in [0.25, 0.3) is 0 Å². The summed E-state index contributed by atoms with van der Waals surface area (Å²) < 4.78 is 23.9. The van der Waals surface area contributed by atoms with Crippen LogP contribution in [0.25, 0.3) is 0 Å². The molecule has 0 bridgehead atoms. The molecule has 0 spiro atoms. The van der Waals surface area contributed by atoms with Crippen molar-refractivity contribution < 1.29 is 72.6 Å². The van der Waals surface area contributed by atoms with Crippen LogP contribution in [0.4, 0.5) is 0 Å². The highest BCUT2D eigenvalue weighted by molar-refractivity contribution is 7.78. The monoisotopic (exact) mass is 1020 g/mol. The Morgan fingerprint density at radius 1 is 0.544 bits per heavy atom. The normalized spacial score (nSPS) is 11.2. The minimum absolute atomic E-state index is 0.0206. The number of aliphatic carboxylic acids is 2. The van der Waals surface area contributed by atoms with E-state index in [0.717, 1.165) is 52.1 Å². The molecule has 0 saturated heterocycles. The third-order valence-corrected chi connectivity index (χ3v) is 9.67. The average Bonchev–Trinajstić information content (AvgIpc) is 3.28. The Labute approximate surface area is 412 Å². The highest BCUT2D eigenvalue weighted by Gasteiger charge is 2.20. The standard InChI is InChI=1S/C38H71N5O12S.C3H8NOP.C2H5NO.CH4O/c44-33(40-22-24-52-26-29-55-31-36(47)41-23-25-53-27-28-54-30-35(46)39-20-15-21-42-56)19-18-32(38(50)51)43-34(45)16-13-11-9-7-5-3-1-2-4-6-8-10-12-14-17-37(48)49;1-2(4)3(5)6;1-2(3)4;1-2/h32,42,56H,1-31H2,(H,39,46)(H,40,44)(H,41,47)(H,43,45)(H,48,49)(H,50,51);2H,4,6H2,1H3;1H3,(H2,3,4);2H,1H3. The van der Waals surface area contributed by atoms with Crippen molar-refractivity contribution in [1.82, 2.24) is 26.0 Å². The number of hydrogen-bond acceptors (Lipinski definition) is 16. The second-order valence-electron chi connectivity index (χ2n) is 15.3. The zero-order chi connectivity index (χ0) is 52.1. The van der Waals surface area contributed by atoms with Crippen molar-refractivity contribution in [1.29, 1.82) is 0 Å². The second-order valence-corrected chi connectivity index (χ2v) is 16.2. The Hall–Kier alpha value is -3.54. The zero-order valence-corrected chi connectivity index (χ0v) is 43.0. The lowest BCUT2D eigenvalue weighted by Gasteiger charge is -2.14. The van der Waals surface area contributed by atoms with Crippen LogP contribution < -0.4 is 37.5 Å². The number of aliphatic hydroxyl groups excluding tert-OH is 1. The molecule has 0 radical (unpaired) electrons. The fourth-order valence-electron chi connectivity index (χ4n) is 5.36. The number of thiol groups is 1. The molecule has 0 aliphatic carbocycles. The molecule has 0 aliphatic rings. The molecular formula is C44H88N7O15PS. The molecule has 0 aromatic carbocycles. The minimum atomic E-state index is -1.18. The fourth-order valence-corrected chi connectivity index (χ4v) is 5.52. The van der Waals surface area contributed by atoms with Gasteiger partial charge in [-0.1, -0.05) is 99.1 Å². The molecule has 3 unspecified atom stereocenters. The summed E-state index contributed by atoms with van der Waals surface area (Å²) in [5.41, 5.74) is 9.49. The van der Waals surface area contributed by atoms with Crippen LogP contribution in [0.2, 0.25) is 0 Å². The number of unbranched alkanes of at least 4 members (excludes halogenated alkanes) is 13. The molecule has 0 aromatic heterocycles. The summed E-state index contributed by atoms with van der Waals surface area (Å²) >= 11 is 3.87. The lowest BCUT2D eigenvalue weighted by Crippen LogP contribution is -2.41. The number of carbonyl (C=O) groups is 8. The number of ether oxygens (including phenoxy) is 4. The number of nitrogens with one attached hydrogen (secondary N) is 5. The first kappa shape index (κ1) is 71.0. The molecule has 400 valence electrons. The van der Waals surface area contributed by atoms with Gasteiger partial charge in [-0.15, -0.1) is 0 Å². The van der Waals surface area contributed by atoms with E-state index in [9.17, 15) is 43.5 Å². The summed E-state index contributed by atoms with van der Waals surface area (Å²) in [5, 5.41) is 35.7. The van der Waals surface area contributed by atoms with E-state index in [1.807, 2.05) is 9.24 Å². The summed E-state index contributed by atoms with van der Waals surface area (Å²) in [7, 11) is 3.01. The van der Waals surface area contributed by atoms with E-state index in [0.29, 0.717) is 26.1 Å². The number of amides is 5. The van der Waals surface area contributed by atoms with Crippen LogP contribution >= 0.6 is 22.1 Å². The van der Waals surface area contributed by atoms with Gasteiger partial charge in [0, 0.05) is 59.5 Å². The number of carbonyl (C=O) groups excluding carboxylic acids is 6. The number of primary amides is 1. The molecule has 0 aromatic rings. The predicted molar refractivity (Wildman–Crippen MR) is 266 cm³/mol. The van der Waals surface area contributed by atoms with Crippen molar-refractivity contribution in [3.63, 3.8) is 0 Å². The molecule has 0 fully saturated rings. The second kappa shape index (κ2) is 56.1. The minimum Gasteiger partial charge on any atom is -0.481 e. The molecule has 12 N–H and O–H groups in total. The van der Waals surface area contributed by atoms with Crippen LogP contribution in [-0.4, -0.2) is 161 Å². The van der Waals surface area contributed by atoms with E-state index < -0.39 is 18.0 Å². The van der Waals surface area contributed by atoms with Gasteiger partial charge in [-0.3, -0.25) is 38.3 Å². The van der Waals surface area contributed by atoms with Crippen molar-refractivity contribution in [2.75, 3.05) is 86.1 Å². The van der Waals surface area contributed by atoms with Crippen LogP contribution in [0, 0.1) is 0 Å². The molecular weight excluding hydrogens is 930 g/mol. The quantitative estimate of drug-likeness (QED) is 0.0235. The molecule has 0 heterocycles. The Kier molecular flexibility index (Phi) is 58.5. The highest BCUT2D eigenvalue weighted by Crippen LogP contribution is 2.14. The van der Waals surface area contributed by atoms with E-state index >= 15 is 0 Å². The first-order valence-corrected chi connectivity index (χ1v) is 24.5. The summed E-state index contributed by atoms with van der Waals surface area (Å²) in [4.78, 5) is 89.2. The van der Waals surface area contributed by atoms with Crippen LogP contribution in [0.15, 0.2) is 0 Å². The molecule has 0 rings (SSSR count). The van der Waals surface area contributed by atoms with Gasteiger partial charge < -0.3 is 67.0 Å². The number of nitrogens with two attached hydrogens (primary N) is 2. The molecule has 22 nitrogen and oxygen atoms in total. The van der Waals surface area contributed by atoms with Crippen molar-refractivity contribution in [2.45, 2.75) is 148 Å². The van der Waals surface area contributed by atoms with Crippen molar-refractivity contribution in [3.8, 4) is 0 Å². The maximum absolute atomic E-state index is 12.3. The highest BCUT2D eigenvalue weighted by atomic mass is 32.1. The van der Waals surface area contributed by atoms with E-state index in [2.05, 4.69) is 44.5 Å². The lowest BCUT2D eigenvalue weighted by molar-refractivity contribution is -0.142. The number of rotatable bonds is 43. The summed E-state index contributed by atoms with van der Waals surface area (Å²) in [6.07, 6.45) is 16.3. The Morgan fingerprint density at radius 2 is 0.912 bits per heavy atom. The third kappa shape index (κ3) is 64.5. The van der Waals surface area contributed by atoms with Gasteiger partial charge in [0.05, 0.1) is 45.7 Å². The van der Waals surface area contributed by atoms with Crippen molar-refractivity contribution in [3.05, 3.63) is 0 Å². The molecule has 0 aliphatic heterocycles. The average molecular weight is 1020 g/mol. The van der Waals surface area contributed by atoms with Gasteiger partial charge in [-0.2, -0.15) is 0 Å². The SMILES string of the molecule is CC(N)=O.CC(N)C(=O)P.CO.O=C(O)CCCCCCCCCCCCCCCCC(=O)NC(CCC(=O)NCCOCCOCC(=O)NCCOCCOCC(=O)NCCCNS)C(=O)O. The van der Waals surface area contributed by atoms with Gasteiger partial charge in [0.1, 0.15) is 19.3 Å². The first-order valence-electron chi connectivity index (χ1n) is 23.5. The smallest absolute Gasteiger partial charge is 0.326 e. The predicted octanol–water partition coefficient (Wildman–Crippen LogP) is 1.74. The van der Waals surface area contributed by atoms with Crippen molar-refractivity contribution >= 4 is 69.1 Å². The number of carboxylic acid groups (broad SMARTS) is 2. The van der Waals surface area contributed by atoms with Gasteiger partial charge >= 0.3 is 11.9 Å². The Bertz CT molecular complexity index is 1290. The van der Waals surface area contributed by atoms with E-state index in [1.165, 1.54) is 51.9 Å². The van der Waals surface area contributed by atoms with Gasteiger partial charge in [0.15, 0.2) is 5.52 Å². The maximum Gasteiger partial charge on any atom is 0.326 e. The topological polar surface area (TPSA) is 346 Å². The van der Waals surface area contributed by atoms with Gasteiger partial charge in [-0.25, -0.2) is 4.79 Å². The summed E-state index contributed by atoms with van der Waals surface area (Å²) in [6, 6.07) is -1.46. The molecule has 0 saturated carbocycles. The van der Waals surface area contributed by atoms with E-state index in [-0.39, 0.29) is 126 Å². The zero-order valence-electron chi connectivity index (χ0n) is 41.0. The van der Waals surface area contributed by atoms with Crippen LogP contribution in [0.1, 0.15) is 136 Å². The van der Waals surface area contributed by atoms with Crippen LogP contribution in [0.3, 0.4) is 0 Å². The van der Waals surface area contributed by atoms with Crippen LogP contribution in [-0.2, 0) is 57.3 Å².